The molecule has 30 heavy (non-hydrogen) atoms. The Hall–Kier alpha value is -2.75. The SMILES string of the molecule is COCc1nc(C)cc(N2CCC(c3ccc(F)cc3)C(NC(=O)C(F)(F)F)C2)n1. The lowest BCUT2D eigenvalue weighted by atomic mass is 9.85. The Labute approximate surface area is 171 Å². The van der Waals surface area contributed by atoms with Gasteiger partial charge in [-0.05, 0) is 31.0 Å². The second-order valence-electron chi connectivity index (χ2n) is 7.19. The third kappa shape index (κ3) is 5.24. The maximum Gasteiger partial charge on any atom is 0.471 e. The van der Waals surface area contributed by atoms with E-state index in [0.717, 1.165) is 0 Å². The van der Waals surface area contributed by atoms with E-state index >= 15 is 0 Å². The number of aromatic nitrogens is 2. The quantitative estimate of drug-likeness (QED) is 0.745. The predicted molar refractivity (Wildman–Crippen MR) is 101 cm³/mol. The number of hydrogen-bond donors (Lipinski definition) is 1. The first-order chi connectivity index (χ1) is 14.2. The van der Waals surface area contributed by atoms with Crippen LogP contribution in [0.4, 0.5) is 23.4 Å². The summed E-state index contributed by atoms with van der Waals surface area (Å²) >= 11 is 0. The van der Waals surface area contributed by atoms with Crippen molar-refractivity contribution in [2.24, 2.45) is 0 Å². The molecule has 1 fully saturated rings. The number of ether oxygens (including phenoxy) is 1. The first-order valence-electron chi connectivity index (χ1n) is 9.39. The van der Waals surface area contributed by atoms with E-state index in [4.69, 9.17) is 4.74 Å². The molecule has 1 saturated heterocycles. The molecule has 0 spiro atoms. The van der Waals surface area contributed by atoms with Crippen LogP contribution in [-0.4, -0.2) is 48.3 Å². The summed E-state index contributed by atoms with van der Waals surface area (Å²) in [7, 11) is 1.52. The van der Waals surface area contributed by atoms with Gasteiger partial charge in [-0.1, -0.05) is 12.1 Å². The molecule has 1 N–H and O–H groups in total. The van der Waals surface area contributed by atoms with Gasteiger partial charge in [-0.3, -0.25) is 4.79 Å². The molecule has 0 bridgehead atoms. The minimum atomic E-state index is -4.99. The number of piperidine rings is 1. The van der Waals surface area contributed by atoms with Gasteiger partial charge in [-0.2, -0.15) is 13.2 Å². The molecule has 2 heterocycles. The molecule has 2 aromatic rings. The van der Waals surface area contributed by atoms with Crippen LogP contribution in [0, 0.1) is 12.7 Å². The number of rotatable bonds is 5. The molecule has 10 heteroatoms. The molecule has 3 rings (SSSR count). The van der Waals surface area contributed by atoms with Crippen molar-refractivity contribution in [3.05, 3.63) is 53.2 Å². The summed E-state index contributed by atoms with van der Waals surface area (Å²) in [5.74, 6) is -1.81. The van der Waals surface area contributed by atoms with Crippen LogP contribution in [0.2, 0.25) is 0 Å². The number of aryl methyl sites for hydroxylation is 1. The highest BCUT2D eigenvalue weighted by Crippen LogP contribution is 2.31. The fourth-order valence-corrected chi connectivity index (χ4v) is 3.63. The monoisotopic (exact) mass is 426 g/mol. The van der Waals surface area contributed by atoms with Crippen molar-refractivity contribution in [3.8, 4) is 0 Å². The summed E-state index contributed by atoms with van der Waals surface area (Å²) in [5, 5.41) is 2.11. The van der Waals surface area contributed by atoms with Crippen molar-refractivity contribution < 1.29 is 27.1 Å². The maximum atomic E-state index is 13.3. The third-order valence-corrected chi connectivity index (χ3v) is 4.97. The van der Waals surface area contributed by atoms with Crippen molar-refractivity contribution in [1.29, 1.82) is 0 Å². The largest absolute Gasteiger partial charge is 0.471 e. The average Bonchev–Trinajstić information content (AvgIpc) is 2.68. The van der Waals surface area contributed by atoms with Crippen molar-refractivity contribution in [3.63, 3.8) is 0 Å². The van der Waals surface area contributed by atoms with E-state index in [-0.39, 0.29) is 13.2 Å². The lowest BCUT2D eigenvalue weighted by Crippen LogP contribution is -2.54. The standard InChI is InChI=1S/C20H22F4N4O2/c1-12-9-18(27-17(25-12)11-30-2)28-8-7-15(13-3-5-14(21)6-4-13)16(10-28)26-19(29)20(22,23)24/h3-6,9,15-16H,7-8,10-11H2,1-2H3,(H,26,29). The van der Waals surface area contributed by atoms with Gasteiger partial charge in [0.15, 0.2) is 5.82 Å². The molecule has 0 aliphatic carbocycles. The number of carbonyl (C=O) groups is 1. The fourth-order valence-electron chi connectivity index (χ4n) is 3.63. The van der Waals surface area contributed by atoms with Gasteiger partial charge in [0.05, 0.1) is 6.04 Å². The first-order valence-corrected chi connectivity index (χ1v) is 9.39. The first kappa shape index (κ1) is 21.9. The van der Waals surface area contributed by atoms with Crippen LogP contribution < -0.4 is 10.2 Å². The Morgan fingerprint density at radius 2 is 1.97 bits per heavy atom. The van der Waals surface area contributed by atoms with Crippen molar-refractivity contribution in [1.82, 2.24) is 15.3 Å². The molecule has 1 aliphatic heterocycles. The smallest absolute Gasteiger partial charge is 0.377 e. The molecule has 162 valence electrons. The predicted octanol–water partition coefficient (Wildman–Crippen LogP) is 3.11. The van der Waals surface area contributed by atoms with Gasteiger partial charge in [-0.15, -0.1) is 0 Å². The molecular weight excluding hydrogens is 404 g/mol. The maximum absolute atomic E-state index is 13.3. The Kier molecular flexibility index (Phi) is 6.55. The number of benzene rings is 1. The number of nitrogens with zero attached hydrogens (tertiary/aromatic N) is 3. The van der Waals surface area contributed by atoms with Crippen LogP contribution in [0.25, 0.3) is 0 Å². The van der Waals surface area contributed by atoms with Crippen molar-refractivity contribution in [2.75, 3.05) is 25.1 Å². The topological polar surface area (TPSA) is 67.3 Å². The fraction of sp³-hybridized carbons (Fsp3) is 0.450. The summed E-state index contributed by atoms with van der Waals surface area (Å²) in [6, 6.07) is 6.49. The molecule has 2 atom stereocenters. The van der Waals surface area contributed by atoms with Crippen molar-refractivity contribution >= 4 is 11.7 Å². The summed E-state index contributed by atoms with van der Waals surface area (Å²) in [5.41, 5.74) is 1.37. The molecule has 1 aromatic heterocycles. The Balaban J connectivity index is 1.87. The van der Waals surface area contributed by atoms with Gasteiger partial charge in [0.25, 0.3) is 0 Å². The zero-order chi connectivity index (χ0) is 21.9. The highest BCUT2D eigenvalue weighted by molar-refractivity contribution is 5.82. The van der Waals surface area contributed by atoms with Gasteiger partial charge in [0, 0.05) is 37.9 Å². The number of alkyl halides is 3. The van der Waals surface area contributed by atoms with Gasteiger partial charge in [0.1, 0.15) is 18.2 Å². The zero-order valence-electron chi connectivity index (χ0n) is 16.5. The normalized spacial score (nSPS) is 19.6. The number of anilines is 1. The number of carbonyl (C=O) groups excluding carboxylic acids is 1. The number of amides is 1. The number of halogens is 4. The molecule has 6 nitrogen and oxygen atoms in total. The molecule has 0 saturated carbocycles. The molecular formula is C20H22F4N4O2. The van der Waals surface area contributed by atoms with E-state index in [1.807, 2.05) is 4.90 Å². The molecule has 1 aliphatic rings. The van der Waals surface area contributed by atoms with Crippen LogP contribution in [0.3, 0.4) is 0 Å². The second kappa shape index (κ2) is 8.95. The highest BCUT2D eigenvalue weighted by Gasteiger charge is 2.42. The van der Waals surface area contributed by atoms with Crippen molar-refractivity contribution in [2.45, 2.75) is 38.1 Å². The van der Waals surface area contributed by atoms with E-state index in [1.54, 1.807) is 13.0 Å². The van der Waals surface area contributed by atoms with Crippen LogP contribution in [0.1, 0.15) is 29.4 Å². The Bertz CT molecular complexity index is 889. The molecule has 0 radical (unpaired) electrons. The van der Waals surface area contributed by atoms with Crippen LogP contribution >= 0.6 is 0 Å². The van der Waals surface area contributed by atoms with Crippen LogP contribution in [0.5, 0.6) is 0 Å². The summed E-state index contributed by atoms with van der Waals surface area (Å²) in [4.78, 5) is 22.2. The second-order valence-corrected chi connectivity index (χ2v) is 7.19. The lowest BCUT2D eigenvalue weighted by molar-refractivity contribution is -0.174. The summed E-state index contributed by atoms with van der Waals surface area (Å²) in [6.45, 7) is 2.61. The zero-order valence-corrected chi connectivity index (χ0v) is 16.5. The van der Waals surface area contributed by atoms with Gasteiger partial charge in [-0.25, -0.2) is 14.4 Å². The van der Waals surface area contributed by atoms with E-state index in [0.29, 0.717) is 35.9 Å². The molecule has 1 amide bonds. The van der Waals surface area contributed by atoms with E-state index in [1.165, 1.54) is 31.4 Å². The van der Waals surface area contributed by atoms with Gasteiger partial charge >= 0.3 is 12.1 Å². The number of hydrogen-bond acceptors (Lipinski definition) is 5. The van der Waals surface area contributed by atoms with Gasteiger partial charge < -0.3 is 15.0 Å². The van der Waals surface area contributed by atoms with Gasteiger partial charge in [0.2, 0.25) is 0 Å². The third-order valence-electron chi connectivity index (χ3n) is 4.97. The van der Waals surface area contributed by atoms with Crippen LogP contribution in [-0.2, 0) is 16.1 Å². The summed E-state index contributed by atoms with van der Waals surface area (Å²) < 4.78 is 57.0. The molecule has 2 unspecified atom stereocenters. The lowest BCUT2D eigenvalue weighted by Gasteiger charge is -2.40. The van der Waals surface area contributed by atoms with E-state index in [2.05, 4.69) is 15.3 Å². The molecule has 1 aromatic carbocycles. The highest BCUT2D eigenvalue weighted by atomic mass is 19.4. The number of methoxy groups -OCH3 is 1. The Morgan fingerprint density at radius 3 is 2.60 bits per heavy atom. The van der Waals surface area contributed by atoms with E-state index in [9.17, 15) is 22.4 Å². The number of nitrogens with one attached hydrogen (secondary N) is 1. The van der Waals surface area contributed by atoms with Crippen LogP contribution in [0.15, 0.2) is 30.3 Å². The minimum absolute atomic E-state index is 0.118. The van der Waals surface area contributed by atoms with E-state index < -0.39 is 29.9 Å². The summed E-state index contributed by atoms with van der Waals surface area (Å²) in [6.07, 6.45) is -4.54. The average molecular weight is 426 g/mol. The minimum Gasteiger partial charge on any atom is -0.377 e. The Morgan fingerprint density at radius 1 is 1.27 bits per heavy atom.